The molecule has 3 aromatic carbocycles. The number of carbonyl (C=O) groups excluding carboxylic acids is 1. The van der Waals surface area contributed by atoms with Crippen molar-refractivity contribution in [1.29, 1.82) is 0 Å². The van der Waals surface area contributed by atoms with Crippen LogP contribution < -0.4 is 0 Å². The summed E-state index contributed by atoms with van der Waals surface area (Å²) >= 11 is 1.53. The zero-order chi connectivity index (χ0) is 22.4. The summed E-state index contributed by atoms with van der Waals surface area (Å²) in [7, 11) is -0.255. The Morgan fingerprint density at radius 3 is 1.88 bits per heavy atom. The maximum absolute atomic E-state index is 13.0. The van der Waals surface area contributed by atoms with Crippen molar-refractivity contribution in [2.45, 2.75) is 34.1 Å². The Balaban J connectivity index is 1.62. The Bertz CT molecular complexity index is 1180. The number of esters is 1. The smallest absolute Gasteiger partial charge is 0.339 e. The van der Waals surface area contributed by atoms with Gasteiger partial charge in [-0.15, -0.1) is 17.3 Å². The predicted molar refractivity (Wildman–Crippen MR) is 132 cm³/mol. The average molecular weight is 456 g/mol. The standard InChI is InChI=1S/C28H23O2S2/c1-3-20-28(2,26-15-10-21-31-26)30-27(29)22-16-18-25(19-17-22)32(23-11-6-4-7-12-23)24-13-8-5-9-14-24/h4-19,21H,1-2H3/q+1. The van der Waals surface area contributed by atoms with Gasteiger partial charge in [-0.25, -0.2) is 4.79 Å². The van der Waals surface area contributed by atoms with E-state index in [0.29, 0.717) is 5.56 Å². The lowest BCUT2D eigenvalue weighted by molar-refractivity contribution is 0.0140. The minimum absolute atomic E-state index is 0.255. The molecular formula is C28H23O2S2+. The van der Waals surface area contributed by atoms with Crippen LogP contribution >= 0.6 is 11.3 Å². The van der Waals surface area contributed by atoms with Crippen molar-refractivity contribution >= 4 is 28.2 Å². The summed E-state index contributed by atoms with van der Waals surface area (Å²) in [4.78, 5) is 17.5. The molecule has 1 heterocycles. The maximum atomic E-state index is 13.0. The van der Waals surface area contributed by atoms with Crippen LogP contribution in [0.5, 0.6) is 0 Å². The molecule has 0 aliphatic heterocycles. The lowest BCUT2D eigenvalue weighted by Gasteiger charge is -2.23. The quantitative estimate of drug-likeness (QED) is 0.179. The number of rotatable bonds is 6. The molecular weight excluding hydrogens is 432 g/mol. The van der Waals surface area contributed by atoms with Gasteiger partial charge in [0.05, 0.1) is 21.3 Å². The van der Waals surface area contributed by atoms with E-state index >= 15 is 0 Å². The van der Waals surface area contributed by atoms with Crippen LogP contribution in [0.1, 0.15) is 29.1 Å². The van der Waals surface area contributed by atoms with Crippen LogP contribution in [0.3, 0.4) is 0 Å². The summed E-state index contributed by atoms with van der Waals surface area (Å²) in [6, 6.07) is 32.5. The molecule has 0 radical (unpaired) electrons. The number of benzene rings is 3. The van der Waals surface area contributed by atoms with Crippen LogP contribution in [0.2, 0.25) is 0 Å². The van der Waals surface area contributed by atoms with Crippen LogP contribution in [0.15, 0.2) is 117 Å². The van der Waals surface area contributed by atoms with E-state index in [-0.39, 0.29) is 16.9 Å². The molecule has 32 heavy (non-hydrogen) atoms. The van der Waals surface area contributed by atoms with Gasteiger partial charge in [-0.1, -0.05) is 48.4 Å². The Hall–Kier alpha value is -3.26. The van der Waals surface area contributed by atoms with Gasteiger partial charge >= 0.3 is 5.97 Å². The lowest BCUT2D eigenvalue weighted by Crippen LogP contribution is -2.26. The lowest BCUT2D eigenvalue weighted by atomic mass is 10.1. The SMILES string of the molecule is CC#CC(C)(OC(=O)c1ccc([S+](c2ccccc2)c2ccccc2)cc1)c1cccs1. The van der Waals surface area contributed by atoms with Gasteiger partial charge in [0.15, 0.2) is 14.7 Å². The topological polar surface area (TPSA) is 26.3 Å². The number of carbonyl (C=O) groups is 1. The summed E-state index contributed by atoms with van der Waals surface area (Å²) in [6.07, 6.45) is 0. The van der Waals surface area contributed by atoms with Gasteiger partial charge in [-0.05, 0) is 73.8 Å². The van der Waals surface area contributed by atoms with Crippen LogP contribution in [0.25, 0.3) is 0 Å². The molecule has 4 aromatic rings. The highest BCUT2D eigenvalue weighted by Gasteiger charge is 2.32. The predicted octanol–water partition coefficient (Wildman–Crippen LogP) is 6.94. The molecule has 2 nitrogen and oxygen atoms in total. The first-order valence-electron chi connectivity index (χ1n) is 10.3. The van der Waals surface area contributed by atoms with Crippen molar-refractivity contribution in [3.63, 3.8) is 0 Å². The zero-order valence-electron chi connectivity index (χ0n) is 17.9. The Morgan fingerprint density at radius 2 is 1.38 bits per heavy atom. The third-order valence-electron chi connectivity index (χ3n) is 4.94. The largest absolute Gasteiger partial charge is 0.437 e. The van der Waals surface area contributed by atoms with E-state index in [1.54, 1.807) is 6.92 Å². The summed E-state index contributed by atoms with van der Waals surface area (Å²) in [6.45, 7) is 3.59. The van der Waals surface area contributed by atoms with E-state index in [9.17, 15) is 4.79 Å². The first kappa shape index (κ1) is 22.0. The summed E-state index contributed by atoms with van der Waals surface area (Å²) in [5.41, 5.74) is -0.448. The molecule has 0 fully saturated rings. The second-order valence-electron chi connectivity index (χ2n) is 7.23. The molecule has 0 aliphatic carbocycles. The van der Waals surface area contributed by atoms with Gasteiger partial charge in [0.1, 0.15) is 0 Å². The van der Waals surface area contributed by atoms with Crippen molar-refractivity contribution in [2.24, 2.45) is 0 Å². The van der Waals surface area contributed by atoms with Gasteiger partial charge in [-0.2, -0.15) is 0 Å². The summed E-state index contributed by atoms with van der Waals surface area (Å²) < 4.78 is 5.88. The molecule has 158 valence electrons. The molecule has 1 unspecified atom stereocenters. The summed E-state index contributed by atoms with van der Waals surface area (Å²) in [5, 5.41) is 1.96. The molecule has 4 heteroatoms. The average Bonchev–Trinajstić information content (AvgIpc) is 3.37. The van der Waals surface area contributed by atoms with Crippen molar-refractivity contribution in [3.05, 3.63) is 113 Å². The third kappa shape index (κ3) is 4.80. The first-order chi connectivity index (χ1) is 15.6. The van der Waals surface area contributed by atoms with Gasteiger partial charge in [0.25, 0.3) is 0 Å². The maximum Gasteiger partial charge on any atom is 0.339 e. The molecule has 0 saturated carbocycles. The van der Waals surface area contributed by atoms with E-state index in [0.717, 1.165) is 9.77 Å². The Labute approximate surface area is 196 Å². The first-order valence-corrected chi connectivity index (χ1v) is 12.4. The summed E-state index contributed by atoms with van der Waals surface area (Å²) in [5.74, 6) is 5.57. The highest BCUT2D eigenvalue weighted by Crippen LogP contribution is 2.32. The number of hydrogen-bond acceptors (Lipinski definition) is 3. The number of hydrogen-bond donors (Lipinski definition) is 0. The minimum atomic E-state index is -0.961. The molecule has 0 spiro atoms. The highest BCUT2D eigenvalue weighted by atomic mass is 32.2. The Morgan fingerprint density at radius 1 is 0.812 bits per heavy atom. The van der Waals surface area contributed by atoms with Gasteiger partial charge in [0.2, 0.25) is 5.60 Å². The minimum Gasteiger partial charge on any atom is -0.437 e. The van der Waals surface area contributed by atoms with E-state index < -0.39 is 5.60 Å². The second-order valence-corrected chi connectivity index (χ2v) is 10.2. The third-order valence-corrected chi connectivity index (χ3v) is 8.24. The fraction of sp³-hybridized carbons (Fsp3) is 0.107. The van der Waals surface area contributed by atoms with Crippen molar-refractivity contribution < 1.29 is 9.53 Å². The normalized spacial score (nSPS) is 12.5. The fourth-order valence-corrected chi connectivity index (χ4v) is 6.28. The van der Waals surface area contributed by atoms with Crippen molar-refractivity contribution in [2.75, 3.05) is 0 Å². The molecule has 0 amide bonds. The van der Waals surface area contributed by atoms with Crippen LogP contribution in [-0.4, -0.2) is 5.97 Å². The Kier molecular flexibility index (Phi) is 6.80. The van der Waals surface area contributed by atoms with E-state index in [4.69, 9.17) is 4.74 Å². The van der Waals surface area contributed by atoms with E-state index in [2.05, 4.69) is 60.4 Å². The monoisotopic (exact) mass is 455 g/mol. The highest BCUT2D eigenvalue weighted by molar-refractivity contribution is 7.97. The zero-order valence-corrected chi connectivity index (χ0v) is 19.6. The van der Waals surface area contributed by atoms with Crippen LogP contribution in [0, 0.1) is 11.8 Å². The van der Waals surface area contributed by atoms with Crippen molar-refractivity contribution in [3.8, 4) is 11.8 Å². The van der Waals surface area contributed by atoms with E-state index in [1.807, 2.05) is 60.8 Å². The van der Waals surface area contributed by atoms with Gasteiger partial charge in [0, 0.05) is 0 Å². The number of ether oxygens (including phenoxy) is 1. The van der Waals surface area contributed by atoms with Crippen LogP contribution in [0.4, 0.5) is 0 Å². The van der Waals surface area contributed by atoms with Crippen molar-refractivity contribution in [1.82, 2.24) is 0 Å². The molecule has 0 aliphatic rings. The molecule has 0 bridgehead atoms. The second kappa shape index (κ2) is 9.91. The molecule has 1 atom stereocenters. The molecule has 4 rings (SSSR count). The van der Waals surface area contributed by atoms with E-state index in [1.165, 1.54) is 21.1 Å². The molecule has 1 aromatic heterocycles. The molecule has 0 saturated heterocycles. The molecule has 0 N–H and O–H groups in total. The van der Waals surface area contributed by atoms with Gasteiger partial charge in [-0.3, -0.25) is 0 Å². The van der Waals surface area contributed by atoms with Gasteiger partial charge < -0.3 is 4.74 Å². The fourth-order valence-electron chi connectivity index (χ4n) is 3.42. The van der Waals surface area contributed by atoms with Crippen LogP contribution in [-0.2, 0) is 21.2 Å². The number of thiophene rings is 1.